The predicted octanol–water partition coefficient (Wildman–Crippen LogP) is 4.61. The van der Waals surface area contributed by atoms with Gasteiger partial charge in [0.25, 0.3) is 10.0 Å². The van der Waals surface area contributed by atoms with Gasteiger partial charge in [-0.25, -0.2) is 12.8 Å². The number of ether oxygens (including phenoxy) is 1. The lowest BCUT2D eigenvalue weighted by Crippen LogP contribution is -2.59. The molecule has 222 valence electrons. The third kappa shape index (κ3) is 6.15. The van der Waals surface area contributed by atoms with Gasteiger partial charge >= 0.3 is 6.18 Å². The Kier molecular flexibility index (Phi) is 8.48. The molecule has 3 atom stereocenters. The number of aliphatic hydroxyl groups is 1. The fourth-order valence-electron chi connectivity index (χ4n) is 5.34. The van der Waals surface area contributed by atoms with Gasteiger partial charge in [-0.2, -0.15) is 17.5 Å². The van der Waals surface area contributed by atoms with E-state index in [0.29, 0.717) is 45.5 Å². The Morgan fingerprint density at radius 3 is 2.37 bits per heavy atom. The van der Waals surface area contributed by atoms with Gasteiger partial charge in [0.15, 0.2) is 5.60 Å². The van der Waals surface area contributed by atoms with E-state index in [1.165, 1.54) is 40.7 Å². The first-order valence-corrected chi connectivity index (χ1v) is 15.5. The van der Waals surface area contributed by atoms with Gasteiger partial charge in [-0.15, -0.1) is 11.3 Å². The molecule has 2 fully saturated rings. The maximum absolute atomic E-state index is 13.6. The molecule has 2 aliphatic rings. The number of nitrogens with zero attached hydrogens (tertiary/aromatic N) is 3. The number of alkyl halides is 3. The molecule has 0 radical (unpaired) electrons. The minimum Gasteiger partial charge on any atom is -0.378 e. The van der Waals surface area contributed by atoms with Gasteiger partial charge in [0, 0.05) is 38.4 Å². The first-order valence-electron chi connectivity index (χ1n) is 13.1. The van der Waals surface area contributed by atoms with Gasteiger partial charge in [-0.1, -0.05) is 30.3 Å². The van der Waals surface area contributed by atoms with Crippen LogP contribution in [0, 0.1) is 5.82 Å². The van der Waals surface area contributed by atoms with Gasteiger partial charge < -0.3 is 14.7 Å². The van der Waals surface area contributed by atoms with E-state index < -0.39 is 21.8 Å². The molecule has 1 aromatic heterocycles. The van der Waals surface area contributed by atoms with Crippen molar-refractivity contribution in [2.75, 3.05) is 50.8 Å². The summed E-state index contributed by atoms with van der Waals surface area (Å²) in [5.41, 5.74) is -1.80. The summed E-state index contributed by atoms with van der Waals surface area (Å²) >= 11 is 1.15. The van der Waals surface area contributed by atoms with Crippen molar-refractivity contribution in [2.24, 2.45) is 0 Å². The van der Waals surface area contributed by atoms with Crippen molar-refractivity contribution in [2.45, 2.75) is 35.0 Å². The number of thiophene rings is 1. The molecular formula is C28H31F4N3O4S2. The van der Waals surface area contributed by atoms with Crippen molar-refractivity contribution in [3.05, 3.63) is 83.0 Å². The van der Waals surface area contributed by atoms with Crippen LogP contribution in [0.4, 0.5) is 23.2 Å². The molecule has 2 aromatic carbocycles. The molecule has 0 amide bonds. The molecular weight excluding hydrogens is 582 g/mol. The Balaban J connectivity index is 1.44. The highest BCUT2D eigenvalue weighted by Crippen LogP contribution is 2.39. The van der Waals surface area contributed by atoms with E-state index in [0.717, 1.165) is 16.9 Å². The second kappa shape index (κ2) is 11.6. The van der Waals surface area contributed by atoms with Gasteiger partial charge in [0.1, 0.15) is 10.0 Å². The molecule has 0 saturated carbocycles. The van der Waals surface area contributed by atoms with Gasteiger partial charge in [0.2, 0.25) is 0 Å². The Bertz CT molecular complexity index is 1420. The number of benzene rings is 2. The highest BCUT2D eigenvalue weighted by Gasteiger charge is 2.51. The normalized spacial score (nSPS) is 22.9. The number of anilines is 1. The van der Waals surface area contributed by atoms with Crippen LogP contribution in [0.15, 0.2) is 70.3 Å². The highest BCUT2D eigenvalue weighted by molar-refractivity contribution is 7.91. The fourth-order valence-corrected chi connectivity index (χ4v) is 7.95. The fraction of sp³-hybridized carbons (Fsp3) is 0.429. The number of halogens is 4. The lowest BCUT2D eigenvalue weighted by molar-refractivity contribution is -0.258. The van der Waals surface area contributed by atoms with Crippen LogP contribution in [0.2, 0.25) is 0 Å². The zero-order chi connectivity index (χ0) is 29.4. The van der Waals surface area contributed by atoms with Crippen molar-refractivity contribution in [1.29, 1.82) is 0 Å². The molecule has 0 aliphatic carbocycles. The third-order valence-electron chi connectivity index (χ3n) is 7.79. The summed E-state index contributed by atoms with van der Waals surface area (Å²) in [6, 6.07) is 14.5. The molecule has 5 rings (SSSR count). The third-order valence-corrected chi connectivity index (χ3v) is 11.0. The van der Waals surface area contributed by atoms with Crippen molar-refractivity contribution < 1.29 is 35.8 Å². The molecule has 3 aromatic rings. The lowest BCUT2D eigenvalue weighted by atomic mass is 9.95. The summed E-state index contributed by atoms with van der Waals surface area (Å²) in [4.78, 5) is 4.18. The molecule has 7 nitrogen and oxygen atoms in total. The van der Waals surface area contributed by atoms with E-state index in [2.05, 4.69) is 4.90 Å². The molecule has 0 bridgehead atoms. The van der Waals surface area contributed by atoms with Crippen molar-refractivity contribution in [1.82, 2.24) is 9.21 Å². The molecule has 0 unspecified atom stereocenters. The number of hydrogen-bond acceptors (Lipinski definition) is 7. The summed E-state index contributed by atoms with van der Waals surface area (Å²) in [5, 5.41) is 11.8. The summed E-state index contributed by atoms with van der Waals surface area (Å²) < 4.78 is 88.1. The lowest BCUT2D eigenvalue weighted by Gasteiger charge is -2.46. The van der Waals surface area contributed by atoms with Crippen molar-refractivity contribution in [3.63, 3.8) is 0 Å². The average Bonchev–Trinajstić information content (AvgIpc) is 3.50. The minimum absolute atomic E-state index is 0.162. The zero-order valence-corrected chi connectivity index (χ0v) is 23.9. The minimum atomic E-state index is -4.84. The van der Waals surface area contributed by atoms with E-state index in [1.807, 2.05) is 4.90 Å². The van der Waals surface area contributed by atoms with Crippen LogP contribution in [0.5, 0.6) is 0 Å². The molecule has 13 heteroatoms. The number of rotatable bonds is 7. The molecule has 1 N–H and O–H groups in total. The Labute approximate surface area is 240 Å². The van der Waals surface area contributed by atoms with Gasteiger partial charge in [-0.3, -0.25) is 4.90 Å². The molecule has 2 aliphatic heterocycles. The van der Waals surface area contributed by atoms with E-state index >= 15 is 0 Å². The quantitative estimate of drug-likeness (QED) is 0.393. The van der Waals surface area contributed by atoms with Crippen LogP contribution in [-0.4, -0.2) is 80.9 Å². The largest absolute Gasteiger partial charge is 0.421 e. The maximum atomic E-state index is 13.6. The Morgan fingerprint density at radius 1 is 1.02 bits per heavy atom. The standard InChI is InChI=1S/C28H31F4N3O4S2/c1-27(36,28(30,31)32)21-6-10-23(11-7-21)35-13-12-34(41(37,38)26-3-2-16-40-26)18-24(35)17-33-14-15-39-19-25(33)20-4-8-22(29)9-5-20/h2-11,16,24-25,36H,12-15,17-19H2,1H3/t24-,25+,27+/m0/s1. The van der Waals surface area contributed by atoms with Crippen LogP contribution < -0.4 is 4.90 Å². The van der Waals surface area contributed by atoms with E-state index in [-0.39, 0.29) is 40.8 Å². The van der Waals surface area contributed by atoms with Crippen LogP contribution in [0.1, 0.15) is 24.1 Å². The molecule has 0 spiro atoms. The number of sulfonamides is 1. The van der Waals surface area contributed by atoms with Crippen LogP contribution in [-0.2, 0) is 20.4 Å². The topological polar surface area (TPSA) is 73.3 Å². The van der Waals surface area contributed by atoms with E-state index in [4.69, 9.17) is 4.74 Å². The summed E-state index contributed by atoms with van der Waals surface area (Å²) in [7, 11) is -3.73. The molecule has 41 heavy (non-hydrogen) atoms. The smallest absolute Gasteiger partial charge is 0.378 e. The second-order valence-electron chi connectivity index (χ2n) is 10.4. The van der Waals surface area contributed by atoms with Gasteiger partial charge in [-0.05, 0) is 53.8 Å². The summed E-state index contributed by atoms with van der Waals surface area (Å²) in [5.74, 6) is -0.349. The van der Waals surface area contributed by atoms with Crippen LogP contribution >= 0.6 is 11.3 Å². The Morgan fingerprint density at radius 2 is 1.73 bits per heavy atom. The SMILES string of the molecule is C[C@@](O)(c1ccc(N2CCN(S(=O)(=O)c3cccs3)C[C@@H]2CN2CCOC[C@@H]2c2ccc(F)cc2)cc1)C(F)(F)F. The first-order chi connectivity index (χ1) is 19.4. The van der Waals surface area contributed by atoms with Crippen LogP contribution in [0.3, 0.4) is 0 Å². The number of piperazine rings is 1. The zero-order valence-electron chi connectivity index (χ0n) is 22.3. The van der Waals surface area contributed by atoms with Crippen LogP contribution in [0.25, 0.3) is 0 Å². The highest BCUT2D eigenvalue weighted by atomic mass is 32.2. The second-order valence-corrected chi connectivity index (χ2v) is 13.5. The average molecular weight is 614 g/mol. The van der Waals surface area contributed by atoms with Crippen molar-refractivity contribution in [3.8, 4) is 0 Å². The van der Waals surface area contributed by atoms with Crippen molar-refractivity contribution >= 4 is 27.0 Å². The van der Waals surface area contributed by atoms with Gasteiger partial charge in [0.05, 0.1) is 25.3 Å². The van der Waals surface area contributed by atoms with E-state index in [9.17, 15) is 31.1 Å². The molecule has 3 heterocycles. The van der Waals surface area contributed by atoms with E-state index in [1.54, 1.807) is 29.6 Å². The number of hydrogen-bond donors (Lipinski definition) is 1. The monoisotopic (exact) mass is 613 g/mol. The Hall–Kier alpha value is -2.55. The first kappa shape index (κ1) is 29.9. The maximum Gasteiger partial charge on any atom is 0.421 e. The predicted molar refractivity (Wildman–Crippen MR) is 148 cm³/mol. The molecule has 2 saturated heterocycles. The summed E-state index contributed by atoms with van der Waals surface area (Å²) in [6.07, 6.45) is -4.84. The summed E-state index contributed by atoms with van der Waals surface area (Å²) in [6.45, 7) is 3.25. The number of morpholine rings is 1.